The normalized spacial score (nSPS) is 11.6. The summed E-state index contributed by atoms with van der Waals surface area (Å²) in [5.41, 5.74) is 2.08. The number of tetrazole rings is 1. The summed E-state index contributed by atoms with van der Waals surface area (Å²) < 4.78 is 37.8. The van der Waals surface area contributed by atoms with Crippen LogP contribution in [0.5, 0.6) is 0 Å². The summed E-state index contributed by atoms with van der Waals surface area (Å²) in [7, 11) is 0. The maximum atomic E-state index is 12.6. The SMILES string of the molecule is FC(F)(F)c1ccc(-c2ccc(CNCCc3nn[nH]n3)cc2)cc1. The number of hydrogen-bond donors (Lipinski definition) is 2. The second-order valence-electron chi connectivity index (χ2n) is 5.53. The first-order valence-corrected chi connectivity index (χ1v) is 7.72. The maximum Gasteiger partial charge on any atom is 0.416 e. The summed E-state index contributed by atoms with van der Waals surface area (Å²) in [5, 5.41) is 16.9. The van der Waals surface area contributed by atoms with Crippen molar-refractivity contribution in [1.82, 2.24) is 25.9 Å². The van der Waals surface area contributed by atoms with Crippen molar-refractivity contribution in [3.8, 4) is 11.1 Å². The Hall–Kier alpha value is -2.74. The lowest BCUT2D eigenvalue weighted by Crippen LogP contribution is -2.17. The molecule has 25 heavy (non-hydrogen) atoms. The topological polar surface area (TPSA) is 66.5 Å². The van der Waals surface area contributed by atoms with Gasteiger partial charge in [-0.15, -0.1) is 10.2 Å². The van der Waals surface area contributed by atoms with E-state index >= 15 is 0 Å². The monoisotopic (exact) mass is 347 g/mol. The van der Waals surface area contributed by atoms with Crippen LogP contribution in [0.25, 0.3) is 11.1 Å². The molecule has 2 N–H and O–H groups in total. The molecule has 0 saturated carbocycles. The Balaban J connectivity index is 1.54. The number of alkyl halides is 3. The fourth-order valence-electron chi connectivity index (χ4n) is 2.39. The lowest BCUT2D eigenvalue weighted by molar-refractivity contribution is -0.137. The van der Waals surface area contributed by atoms with Gasteiger partial charge < -0.3 is 5.32 Å². The fourth-order valence-corrected chi connectivity index (χ4v) is 2.39. The van der Waals surface area contributed by atoms with Gasteiger partial charge in [-0.1, -0.05) is 41.6 Å². The summed E-state index contributed by atoms with van der Waals surface area (Å²) in [6.07, 6.45) is -3.63. The molecule has 0 aliphatic rings. The molecule has 0 bridgehead atoms. The van der Waals surface area contributed by atoms with E-state index in [-0.39, 0.29) is 0 Å². The van der Waals surface area contributed by atoms with Gasteiger partial charge in [0.15, 0.2) is 5.82 Å². The van der Waals surface area contributed by atoms with Gasteiger partial charge >= 0.3 is 6.18 Å². The smallest absolute Gasteiger partial charge is 0.312 e. The number of H-pyrrole nitrogens is 1. The van der Waals surface area contributed by atoms with Crippen LogP contribution < -0.4 is 5.32 Å². The number of aromatic amines is 1. The zero-order valence-electron chi connectivity index (χ0n) is 13.2. The molecule has 0 aliphatic heterocycles. The summed E-state index contributed by atoms with van der Waals surface area (Å²) in [4.78, 5) is 0. The molecule has 1 heterocycles. The van der Waals surface area contributed by atoms with Crippen molar-refractivity contribution in [2.45, 2.75) is 19.1 Å². The van der Waals surface area contributed by atoms with Crippen LogP contribution in [-0.2, 0) is 19.1 Å². The third-order valence-corrected chi connectivity index (χ3v) is 3.74. The van der Waals surface area contributed by atoms with Crippen LogP contribution in [0.2, 0.25) is 0 Å². The Labute approximate surface area is 142 Å². The van der Waals surface area contributed by atoms with Crippen LogP contribution in [0.4, 0.5) is 13.2 Å². The molecule has 0 fully saturated rings. The van der Waals surface area contributed by atoms with Gasteiger partial charge in [0.2, 0.25) is 0 Å². The highest BCUT2D eigenvalue weighted by molar-refractivity contribution is 5.64. The Kier molecular flexibility index (Phi) is 5.08. The molecule has 3 rings (SSSR count). The van der Waals surface area contributed by atoms with Gasteiger partial charge in [-0.25, -0.2) is 0 Å². The molecule has 5 nitrogen and oxygen atoms in total. The molecule has 0 radical (unpaired) electrons. The predicted molar refractivity (Wildman–Crippen MR) is 86.5 cm³/mol. The largest absolute Gasteiger partial charge is 0.416 e. The second kappa shape index (κ2) is 7.43. The molecule has 0 amide bonds. The predicted octanol–water partition coefficient (Wildman–Crippen LogP) is 3.22. The zero-order valence-corrected chi connectivity index (χ0v) is 13.2. The van der Waals surface area contributed by atoms with Crippen molar-refractivity contribution >= 4 is 0 Å². The number of halogens is 3. The average Bonchev–Trinajstić information content (AvgIpc) is 3.12. The quantitative estimate of drug-likeness (QED) is 0.672. The van der Waals surface area contributed by atoms with Crippen LogP contribution in [0, 0.1) is 0 Å². The molecular weight excluding hydrogens is 331 g/mol. The Morgan fingerprint density at radius 2 is 1.56 bits per heavy atom. The fraction of sp³-hybridized carbons (Fsp3) is 0.235. The van der Waals surface area contributed by atoms with Crippen molar-refractivity contribution in [1.29, 1.82) is 0 Å². The minimum Gasteiger partial charge on any atom is -0.312 e. The van der Waals surface area contributed by atoms with E-state index in [1.54, 1.807) is 0 Å². The summed E-state index contributed by atoms with van der Waals surface area (Å²) in [6, 6.07) is 12.9. The summed E-state index contributed by atoms with van der Waals surface area (Å²) >= 11 is 0. The number of hydrogen-bond acceptors (Lipinski definition) is 4. The molecule has 0 atom stereocenters. The van der Waals surface area contributed by atoms with Gasteiger partial charge in [-0.05, 0) is 28.8 Å². The molecule has 0 unspecified atom stereocenters. The molecule has 1 aromatic heterocycles. The third-order valence-electron chi connectivity index (χ3n) is 3.74. The van der Waals surface area contributed by atoms with Crippen molar-refractivity contribution in [2.24, 2.45) is 0 Å². The molecule has 2 aromatic carbocycles. The van der Waals surface area contributed by atoms with Crippen molar-refractivity contribution in [2.75, 3.05) is 6.54 Å². The van der Waals surface area contributed by atoms with E-state index < -0.39 is 11.7 Å². The maximum absolute atomic E-state index is 12.6. The number of nitrogens with zero attached hydrogens (tertiary/aromatic N) is 3. The number of benzene rings is 2. The van der Waals surface area contributed by atoms with E-state index in [9.17, 15) is 13.2 Å². The Bertz CT molecular complexity index is 781. The third kappa shape index (κ3) is 4.63. The Morgan fingerprint density at radius 1 is 0.920 bits per heavy atom. The standard InChI is InChI=1S/C17H16F3N5/c18-17(19,20)15-7-5-14(6-8-15)13-3-1-12(2-4-13)11-21-10-9-16-22-24-25-23-16/h1-8,21H,9-11H2,(H,22,23,24,25). The minimum absolute atomic E-state index is 0.640. The minimum atomic E-state index is -4.31. The van der Waals surface area contributed by atoms with Gasteiger partial charge in [-0.2, -0.15) is 18.4 Å². The van der Waals surface area contributed by atoms with Crippen molar-refractivity contribution in [3.63, 3.8) is 0 Å². The first-order chi connectivity index (χ1) is 12.0. The number of nitrogens with one attached hydrogen (secondary N) is 2. The molecule has 3 aromatic rings. The van der Waals surface area contributed by atoms with Crippen LogP contribution in [0.3, 0.4) is 0 Å². The molecule has 8 heteroatoms. The van der Waals surface area contributed by atoms with Gasteiger partial charge in [0, 0.05) is 19.5 Å². The van der Waals surface area contributed by atoms with E-state index in [0.717, 1.165) is 35.4 Å². The second-order valence-corrected chi connectivity index (χ2v) is 5.53. The Morgan fingerprint density at radius 3 is 2.12 bits per heavy atom. The van der Waals surface area contributed by atoms with Crippen LogP contribution in [-0.4, -0.2) is 27.2 Å². The molecular formula is C17H16F3N5. The highest BCUT2D eigenvalue weighted by atomic mass is 19.4. The van der Waals surface area contributed by atoms with Gasteiger partial charge in [0.25, 0.3) is 0 Å². The van der Waals surface area contributed by atoms with E-state index in [1.165, 1.54) is 12.1 Å². The average molecular weight is 347 g/mol. The van der Waals surface area contributed by atoms with Crippen molar-refractivity contribution < 1.29 is 13.2 Å². The highest BCUT2D eigenvalue weighted by Gasteiger charge is 2.29. The van der Waals surface area contributed by atoms with Crippen LogP contribution in [0.15, 0.2) is 48.5 Å². The summed E-state index contributed by atoms with van der Waals surface area (Å²) in [5.74, 6) is 0.658. The first kappa shape index (κ1) is 17.1. The van der Waals surface area contributed by atoms with Crippen LogP contribution in [0.1, 0.15) is 17.0 Å². The lowest BCUT2D eigenvalue weighted by Gasteiger charge is -2.09. The number of aromatic nitrogens is 4. The highest BCUT2D eigenvalue weighted by Crippen LogP contribution is 2.31. The first-order valence-electron chi connectivity index (χ1n) is 7.72. The molecule has 0 spiro atoms. The number of rotatable bonds is 6. The van der Waals surface area contributed by atoms with E-state index in [0.29, 0.717) is 18.8 Å². The van der Waals surface area contributed by atoms with Gasteiger partial charge in [-0.3, -0.25) is 0 Å². The van der Waals surface area contributed by atoms with Crippen molar-refractivity contribution in [3.05, 3.63) is 65.5 Å². The van der Waals surface area contributed by atoms with Gasteiger partial charge in [0.05, 0.1) is 5.56 Å². The van der Waals surface area contributed by atoms with E-state index in [2.05, 4.69) is 25.9 Å². The van der Waals surface area contributed by atoms with E-state index in [1.807, 2.05) is 24.3 Å². The van der Waals surface area contributed by atoms with E-state index in [4.69, 9.17) is 0 Å². The lowest BCUT2D eigenvalue weighted by atomic mass is 10.0. The van der Waals surface area contributed by atoms with Gasteiger partial charge in [0.1, 0.15) is 0 Å². The zero-order chi connectivity index (χ0) is 17.7. The summed E-state index contributed by atoms with van der Waals surface area (Å²) in [6.45, 7) is 1.41. The molecule has 130 valence electrons. The molecule has 0 aliphatic carbocycles. The molecule has 0 saturated heterocycles. The van der Waals surface area contributed by atoms with Crippen LogP contribution >= 0.6 is 0 Å².